The van der Waals surface area contributed by atoms with E-state index in [0.29, 0.717) is 0 Å². The maximum atomic E-state index is 3.61. The lowest BCUT2D eigenvalue weighted by Gasteiger charge is -2.00. The molecule has 0 nitrogen and oxygen atoms in total. The van der Waals surface area contributed by atoms with Gasteiger partial charge >= 0.3 is 0 Å². The molecule has 0 spiro atoms. The number of benzene rings is 1. The van der Waals surface area contributed by atoms with Crippen LogP contribution in [0.4, 0.5) is 0 Å². The molecule has 2 aromatic rings. The molecule has 0 amide bonds. The van der Waals surface area contributed by atoms with Gasteiger partial charge in [0.2, 0.25) is 0 Å². The van der Waals surface area contributed by atoms with Crippen LogP contribution < -0.4 is 0 Å². The minimum absolute atomic E-state index is 0.829. The Hall–Kier alpha value is -0.600. The molecule has 1 unspecified atom stereocenters. The van der Waals surface area contributed by atoms with Crippen molar-refractivity contribution in [2.24, 2.45) is 5.92 Å². The van der Waals surface area contributed by atoms with E-state index in [2.05, 4.69) is 57.7 Å². The molecule has 3 rings (SSSR count). The molecule has 1 aliphatic rings. The van der Waals surface area contributed by atoms with Crippen molar-refractivity contribution in [3.63, 3.8) is 0 Å². The molecular formula is C15H15BrS. The average Bonchev–Trinajstić information content (AvgIpc) is 3.04. The van der Waals surface area contributed by atoms with E-state index in [-0.39, 0.29) is 0 Å². The molecule has 1 aliphatic carbocycles. The summed E-state index contributed by atoms with van der Waals surface area (Å²) in [7, 11) is 0. The van der Waals surface area contributed by atoms with Crippen molar-refractivity contribution in [3.8, 4) is 0 Å². The Morgan fingerprint density at radius 1 is 1.18 bits per heavy atom. The fourth-order valence-electron chi connectivity index (χ4n) is 2.50. The summed E-state index contributed by atoms with van der Waals surface area (Å²) >= 11 is 5.48. The Labute approximate surface area is 115 Å². The first kappa shape index (κ1) is 11.5. The highest BCUT2D eigenvalue weighted by atomic mass is 79.9. The third-order valence-electron chi connectivity index (χ3n) is 3.58. The van der Waals surface area contributed by atoms with Gasteiger partial charge in [0, 0.05) is 9.35 Å². The molecule has 0 aliphatic heterocycles. The number of halogens is 1. The van der Waals surface area contributed by atoms with E-state index in [1.54, 1.807) is 0 Å². The lowest BCUT2D eigenvalue weighted by Crippen LogP contribution is -1.87. The number of thiophene rings is 1. The van der Waals surface area contributed by atoms with Gasteiger partial charge in [-0.15, -0.1) is 11.3 Å². The number of aryl methyl sites for hydroxylation is 1. The van der Waals surface area contributed by atoms with Gasteiger partial charge in [-0.05, 0) is 64.0 Å². The Morgan fingerprint density at radius 2 is 2.00 bits per heavy atom. The summed E-state index contributed by atoms with van der Waals surface area (Å²) in [6.07, 6.45) is 3.94. The van der Waals surface area contributed by atoms with E-state index >= 15 is 0 Å². The van der Waals surface area contributed by atoms with Gasteiger partial charge in [0.25, 0.3) is 0 Å². The molecule has 1 aromatic carbocycles. The van der Waals surface area contributed by atoms with Crippen LogP contribution in [0.15, 0.2) is 46.3 Å². The molecule has 2 heteroatoms. The van der Waals surface area contributed by atoms with E-state index in [1.807, 2.05) is 11.3 Å². The molecule has 17 heavy (non-hydrogen) atoms. The predicted octanol–water partition coefficient (Wildman–Crippen LogP) is 5.25. The van der Waals surface area contributed by atoms with Gasteiger partial charge in [-0.2, -0.15) is 0 Å². The van der Waals surface area contributed by atoms with Crippen LogP contribution in [-0.2, 0) is 6.42 Å². The Balaban J connectivity index is 1.55. The van der Waals surface area contributed by atoms with Crippen LogP contribution in [0.5, 0.6) is 0 Å². The van der Waals surface area contributed by atoms with Crippen molar-refractivity contribution in [1.82, 2.24) is 0 Å². The molecular weight excluding hydrogens is 292 g/mol. The molecule has 88 valence electrons. The molecule has 1 heterocycles. The van der Waals surface area contributed by atoms with E-state index in [0.717, 1.165) is 11.8 Å². The van der Waals surface area contributed by atoms with Gasteiger partial charge in [0.15, 0.2) is 0 Å². The zero-order valence-electron chi connectivity index (χ0n) is 9.60. The second-order valence-corrected chi connectivity index (χ2v) is 6.60. The second-order valence-electron chi connectivity index (χ2n) is 4.74. The second kappa shape index (κ2) is 4.95. The minimum Gasteiger partial charge on any atom is -0.148 e. The summed E-state index contributed by atoms with van der Waals surface area (Å²) in [6, 6.07) is 13.1. The van der Waals surface area contributed by atoms with Crippen molar-refractivity contribution in [2.75, 3.05) is 0 Å². The first-order chi connectivity index (χ1) is 8.34. The maximum Gasteiger partial charge on any atom is 0.0314 e. The van der Waals surface area contributed by atoms with Crippen LogP contribution in [-0.4, -0.2) is 0 Å². The maximum absolute atomic E-state index is 3.61. The summed E-state index contributed by atoms with van der Waals surface area (Å²) in [4.78, 5) is 1.50. The van der Waals surface area contributed by atoms with Crippen molar-refractivity contribution in [1.29, 1.82) is 0 Å². The van der Waals surface area contributed by atoms with E-state index in [1.165, 1.54) is 34.2 Å². The Kier molecular flexibility index (Phi) is 3.34. The van der Waals surface area contributed by atoms with Gasteiger partial charge in [-0.25, -0.2) is 0 Å². The van der Waals surface area contributed by atoms with Gasteiger partial charge in [0.05, 0.1) is 0 Å². The highest BCUT2D eigenvalue weighted by Gasteiger charge is 2.37. The largest absolute Gasteiger partial charge is 0.148 e. The number of hydrogen-bond acceptors (Lipinski definition) is 1. The molecule has 1 aromatic heterocycles. The summed E-state index contributed by atoms with van der Waals surface area (Å²) in [5, 5.41) is 2.17. The fourth-order valence-corrected chi connectivity index (χ4v) is 4.07. The lowest BCUT2D eigenvalue weighted by molar-refractivity contribution is 0.708. The minimum atomic E-state index is 0.829. The van der Waals surface area contributed by atoms with Crippen LogP contribution in [0, 0.1) is 5.92 Å². The highest BCUT2D eigenvalue weighted by molar-refractivity contribution is 9.10. The normalized spacial score (nSPS) is 22.6. The Morgan fingerprint density at radius 3 is 2.71 bits per heavy atom. The lowest BCUT2D eigenvalue weighted by atomic mass is 10.1. The van der Waals surface area contributed by atoms with Gasteiger partial charge in [-0.3, -0.25) is 0 Å². The first-order valence-corrected chi connectivity index (χ1v) is 7.78. The monoisotopic (exact) mass is 306 g/mol. The number of rotatable bonds is 4. The van der Waals surface area contributed by atoms with Crippen molar-refractivity contribution >= 4 is 27.3 Å². The standard InChI is InChI=1S/C15H15BrS/c16-14-8-9-17-15(14)7-6-12-10-13(12)11-4-2-1-3-5-11/h1-5,8-9,12-13H,6-7,10H2/t12-,13?/m0/s1. The molecule has 0 saturated heterocycles. The zero-order valence-corrected chi connectivity index (χ0v) is 12.0. The van der Waals surface area contributed by atoms with E-state index < -0.39 is 0 Å². The SMILES string of the molecule is Brc1ccsc1CC[C@H]1CC1c1ccccc1. The van der Waals surface area contributed by atoms with Gasteiger partial charge in [-0.1, -0.05) is 30.3 Å². The average molecular weight is 307 g/mol. The van der Waals surface area contributed by atoms with Crippen LogP contribution in [0.3, 0.4) is 0 Å². The highest BCUT2D eigenvalue weighted by Crippen LogP contribution is 2.50. The Bertz CT molecular complexity index is 489. The van der Waals surface area contributed by atoms with E-state index in [4.69, 9.17) is 0 Å². The van der Waals surface area contributed by atoms with Crippen LogP contribution >= 0.6 is 27.3 Å². The fraction of sp³-hybridized carbons (Fsp3) is 0.333. The van der Waals surface area contributed by atoms with Crippen molar-refractivity contribution in [2.45, 2.75) is 25.2 Å². The summed E-state index contributed by atoms with van der Waals surface area (Å²) in [5.41, 5.74) is 1.53. The van der Waals surface area contributed by atoms with Gasteiger partial charge in [0.1, 0.15) is 0 Å². The third-order valence-corrected chi connectivity index (χ3v) is 5.57. The molecule has 0 radical (unpaired) electrons. The van der Waals surface area contributed by atoms with Crippen LogP contribution in [0.25, 0.3) is 0 Å². The summed E-state index contributed by atoms with van der Waals surface area (Å²) in [5.74, 6) is 1.74. The molecule has 1 saturated carbocycles. The van der Waals surface area contributed by atoms with Crippen molar-refractivity contribution < 1.29 is 0 Å². The summed E-state index contributed by atoms with van der Waals surface area (Å²) in [6.45, 7) is 0. The molecule has 0 bridgehead atoms. The first-order valence-electron chi connectivity index (χ1n) is 6.11. The quantitative estimate of drug-likeness (QED) is 0.724. The number of hydrogen-bond donors (Lipinski definition) is 0. The van der Waals surface area contributed by atoms with Gasteiger partial charge < -0.3 is 0 Å². The van der Waals surface area contributed by atoms with Crippen LogP contribution in [0.1, 0.15) is 29.2 Å². The molecule has 1 fully saturated rings. The predicted molar refractivity (Wildman–Crippen MR) is 77.6 cm³/mol. The van der Waals surface area contributed by atoms with E-state index in [9.17, 15) is 0 Å². The summed E-state index contributed by atoms with van der Waals surface area (Å²) < 4.78 is 1.29. The smallest absolute Gasteiger partial charge is 0.0314 e. The molecule has 2 atom stereocenters. The van der Waals surface area contributed by atoms with Crippen LogP contribution in [0.2, 0.25) is 0 Å². The zero-order chi connectivity index (χ0) is 11.7. The van der Waals surface area contributed by atoms with Crippen molar-refractivity contribution in [3.05, 3.63) is 56.7 Å². The third kappa shape index (κ3) is 2.63. The molecule has 0 N–H and O–H groups in total. The topological polar surface area (TPSA) is 0 Å².